The lowest BCUT2D eigenvalue weighted by molar-refractivity contribution is -0.132. The van der Waals surface area contributed by atoms with Crippen LogP contribution in [0, 0.1) is 0 Å². The molecule has 0 saturated carbocycles. The Labute approximate surface area is 405 Å². The average Bonchev–Trinajstić information content (AvgIpc) is 3.31. The van der Waals surface area contributed by atoms with Crippen LogP contribution < -0.4 is 5.32 Å². The average molecular weight is 917 g/mol. The monoisotopic (exact) mass is 916 g/mol. The molecule has 0 aliphatic rings. The van der Waals surface area contributed by atoms with Gasteiger partial charge < -0.3 is 25.7 Å². The molecule has 0 spiro atoms. The molecule has 0 aromatic rings. The van der Waals surface area contributed by atoms with Crippen LogP contribution >= 0.6 is 0 Å². The van der Waals surface area contributed by atoms with Gasteiger partial charge in [-0.3, -0.25) is 4.79 Å². The van der Waals surface area contributed by atoms with Crippen molar-refractivity contribution in [1.82, 2.24) is 5.32 Å². The summed E-state index contributed by atoms with van der Waals surface area (Å²) >= 11 is 0. The second-order valence-corrected chi connectivity index (χ2v) is 20.0. The Morgan fingerprint density at radius 3 is 0.969 bits per heavy atom. The molecule has 0 aromatic heterocycles. The van der Waals surface area contributed by atoms with Crippen LogP contribution in [0.4, 0.5) is 0 Å². The van der Waals surface area contributed by atoms with Crippen LogP contribution in [-0.4, -0.2) is 57.3 Å². The largest absolute Gasteiger partial charge is 0.394 e. The van der Waals surface area contributed by atoms with Crippen molar-refractivity contribution in [2.45, 2.75) is 327 Å². The maximum atomic E-state index is 12.6. The number of carbonyl (C=O) groups is 1. The maximum absolute atomic E-state index is 12.6. The highest BCUT2D eigenvalue weighted by Crippen LogP contribution is 2.18. The molecule has 6 nitrogen and oxygen atoms in total. The Balaban J connectivity index is 3.66. The molecular weight excluding hydrogens is 803 g/mol. The first-order chi connectivity index (χ1) is 32.0. The van der Waals surface area contributed by atoms with Crippen LogP contribution in [0.5, 0.6) is 0 Å². The minimum atomic E-state index is -1.29. The van der Waals surface area contributed by atoms with Crippen molar-refractivity contribution in [3.63, 3.8) is 0 Å². The quantitative estimate of drug-likeness (QED) is 0.0308. The predicted molar refractivity (Wildman–Crippen MR) is 284 cm³/mol. The highest BCUT2D eigenvalue weighted by Gasteiger charge is 2.28. The molecular formula is C59H113NO5. The molecule has 6 heteroatoms. The molecule has 0 heterocycles. The van der Waals surface area contributed by atoms with Gasteiger partial charge in [0.05, 0.1) is 18.8 Å². The SMILES string of the molecule is CCCCCCCCCCC/C=C/CC/C=C/CC/C=C/CCCC(O)C(O)C(CO)NC(=O)C(O)CCCCCCCCCCCCCCCCCCCCCCCCCCCCC. The molecule has 0 aromatic carbocycles. The number of nitrogens with one attached hydrogen (secondary N) is 1. The Morgan fingerprint density at radius 2 is 0.646 bits per heavy atom. The van der Waals surface area contributed by atoms with Gasteiger partial charge in [0.1, 0.15) is 12.2 Å². The molecule has 65 heavy (non-hydrogen) atoms. The van der Waals surface area contributed by atoms with Crippen molar-refractivity contribution in [1.29, 1.82) is 0 Å². The van der Waals surface area contributed by atoms with Crippen LogP contribution in [0.1, 0.15) is 303 Å². The smallest absolute Gasteiger partial charge is 0.249 e. The Bertz CT molecular complexity index is 1030. The summed E-state index contributed by atoms with van der Waals surface area (Å²) in [5, 5.41) is 44.0. The molecule has 1 amide bonds. The summed E-state index contributed by atoms with van der Waals surface area (Å²) in [5.74, 6) is -0.595. The van der Waals surface area contributed by atoms with Crippen LogP contribution in [0.2, 0.25) is 0 Å². The topological polar surface area (TPSA) is 110 Å². The zero-order valence-corrected chi connectivity index (χ0v) is 43.5. The van der Waals surface area contributed by atoms with Crippen LogP contribution in [0.25, 0.3) is 0 Å². The Hall–Kier alpha value is -1.47. The number of allylic oxidation sites excluding steroid dienone is 6. The van der Waals surface area contributed by atoms with Gasteiger partial charge in [-0.25, -0.2) is 0 Å². The van der Waals surface area contributed by atoms with Crippen molar-refractivity contribution in [3.05, 3.63) is 36.5 Å². The third-order valence-electron chi connectivity index (χ3n) is 13.6. The molecule has 4 atom stereocenters. The van der Waals surface area contributed by atoms with Gasteiger partial charge in [0.25, 0.3) is 0 Å². The van der Waals surface area contributed by atoms with Gasteiger partial charge in [0.15, 0.2) is 0 Å². The first kappa shape index (κ1) is 63.5. The fourth-order valence-electron chi connectivity index (χ4n) is 9.03. The highest BCUT2D eigenvalue weighted by atomic mass is 16.3. The Kier molecular flexibility index (Phi) is 52.3. The van der Waals surface area contributed by atoms with Crippen LogP contribution in [-0.2, 0) is 4.79 Å². The molecule has 0 bridgehead atoms. The third-order valence-corrected chi connectivity index (χ3v) is 13.6. The van der Waals surface area contributed by atoms with Crippen molar-refractivity contribution in [2.75, 3.05) is 6.61 Å². The van der Waals surface area contributed by atoms with Crippen LogP contribution in [0.3, 0.4) is 0 Å². The van der Waals surface area contributed by atoms with Crippen molar-refractivity contribution >= 4 is 5.91 Å². The van der Waals surface area contributed by atoms with E-state index in [4.69, 9.17) is 0 Å². The van der Waals surface area contributed by atoms with Gasteiger partial charge in [0.2, 0.25) is 5.91 Å². The lowest BCUT2D eigenvalue weighted by atomic mass is 10.00. The molecule has 0 aliphatic heterocycles. The normalized spacial score (nSPS) is 14.0. The van der Waals surface area contributed by atoms with E-state index in [0.29, 0.717) is 19.3 Å². The van der Waals surface area contributed by atoms with Gasteiger partial charge in [-0.1, -0.05) is 275 Å². The van der Waals surface area contributed by atoms with Crippen molar-refractivity contribution < 1.29 is 25.2 Å². The lowest BCUT2D eigenvalue weighted by Gasteiger charge is -2.27. The number of hydrogen-bond acceptors (Lipinski definition) is 5. The minimum absolute atomic E-state index is 0.362. The number of aliphatic hydroxyl groups excluding tert-OH is 4. The van der Waals surface area contributed by atoms with E-state index in [0.717, 1.165) is 51.4 Å². The minimum Gasteiger partial charge on any atom is -0.394 e. The summed E-state index contributed by atoms with van der Waals surface area (Å²) < 4.78 is 0. The predicted octanol–water partition coefficient (Wildman–Crippen LogP) is 16.8. The van der Waals surface area contributed by atoms with Gasteiger partial charge in [0, 0.05) is 0 Å². The molecule has 0 rings (SSSR count). The van der Waals surface area contributed by atoms with Gasteiger partial charge in [-0.15, -0.1) is 0 Å². The van der Waals surface area contributed by atoms with E-state index in [1.54, 1.807) is 0 Å². The summed E-state index contributed by atoms with van der Waals surface area (Å²) in [6.07, 6.45) is 66.5. The molecule has 4 unspecified atom stereocenters. The molecule has 5 N–H and O–H groups in total. The number of amides is 1. The standard InChI is InChI=1S/C59H113NO5/c1-3-5-7-9-11-13-15-17-19-21-23-25-27-28-29-30-31-33-35-37-39-41-43-45-47-49-51-53-57(63)59(65)60-55(54-61)58(64)56(62)52-50-48-46-44-42-40-38-36-34-32-26-24-22-20-18-16-14-12-10-8-6-4-2/h24,26,36,38,44,46,55-58,61-64H,3-23,25,27-35,37,39-43,45,47-54H2,1-2H3,(H,60,65)/b26-24+,38-36+,46-44+. The highest BCUT2D eigenvalue weighted by molar-refractivity contribution is 5.80. The second kappa shape index (κ2) is 53.5. The zero-order valence-electron chi connectivity index (χ0n) is 43.5. The second-order valence-electron chi connectivity index (χ2n) is 20.0. The van der Waals surface area contributed by atoms with Crippen LogP contribution in [0.15, 0.2) is 36.5 Å². The van der Waals surface area contributed by atoms with E-state index in [1.807, 2.05) is 0 Å². The molecule has 0 fully saturated rings. The summed E-state index contributed by atoms with van der Waals surface area (Å²) in [4.78, 5) is 12.6. The van der Waals surface area contributed by atoms with Crippen molar-refractivity contribution in [2.24, 2.45) is 0 Å². The summed E-state index contributed by atoms with van der Waals surface area (Å²) in [7, 11) is 0. The lowest BCUT2D eigenvalue weighted by Crippen LogP contribution is -2.53. The molecule has 0 radical (unpaired) electrons. The van der Waals surface area contributed by atoms with E-state index < -0.39 is 36.9 Å². The number of carbonyl (C=O) groups excluding carboxylic acids is 1. The summed E-state index contributed by atoms with van der Waals surface area (Å²) in [5.41, 5.74) is 0. The van der Waals surface area contributed by atoms with Crippen molar-refractivity contribution in [3.8, 4) is 0 Å². The van der Waals surface area contributed by atoms with E-state index in [1.165, 1.54) is 218 Å². The number of rotatable bonds is 53. The molecule has 0 saturated heterocycles. The fraction of sp³-hybridized carbons (Fsp3) is 0.881. The number of hydrogen-bond donors (Lipinski definition) is 5. The first-order valence-electron chi connectivity index (χ1n) is 28.9. The maximum Gasteiger partial charge on any atom is 0.249 e. The van der Waals surface area contributed by atoms with Gasteiger partial charge >= 0.3 is 0 Å². The Morgan fingerprint density at radius 1 is 0.369 bits per heavy atom. The summed E-state index contributed by atoms with van der Waals surface area (Å²) in [6, 6.07) is -1.01. The fourth-order valence-corrected chi connectivity index (χ4v) is 9.03. The van der Waals surface area contributed by atoms with E-state index in [2.05, 4.69) is 55.6 Å². The van der Waals surface area contributed by atoms with Gasteiger partial charge in [-0.05, 0) is 64.2 Å². The van der Waals surface area contributed by atoms with E-state index >= 15 is 0 Å². The number of unbranched alkanes of at least 4 members (excludes halogenated alkanes) is 38. The molecule has 0 aliphatic carbocycles. The first-order valence-corrected chi connectivity index (χ1v) is 28.9. The molecule has 384 valence electrons. The number of aliphatic hydroxyl groups is 4. The van der Waals surface area contributed by atoms with E-state index in [9.17, 15) is 25.2 Å². The third kappa shape index (κ3) is 47.4. The zero-order chi connectivity index (χ0) is 47.4. The summed E-state index contributed by atoms with van der Waals surface area (Å²) in [6.45, 7) is 4.07. The van der Waals surface area contributed by atoms with E-state index in [-0.39, 0.29) is 0 Å². The van der Waals surface area contributed by atoms with Gasteiger partial charge in [-0.2, -0.15) is 0 Å².